The standard InChI is InChI=1S/C17H16ClF3N2O2/c1-10(2)25-13-5-3-11(14(7-13)17(19,20)21)8-23-16(24)12-4-6-15(18)22-9-12/h3-7,9-10H,8H2,1-2H3,(H,23,24). The zero-order valence-electron chi connectivity index (χ0n) is 13.5. The van der Waals surface area contributed by atoms with Crippen LogP contribution >= 0.6 is 11.6 Å². The average molecular weight is 373 g/mol. The van der Waals surface area contributed by atoms with Crippen LogP contribution in [0.5, 0.6) is 5.75 Å². The molecule has 1 aromatic carbocycles. The molecule has 0 spiro atoms. The van der Waals surface area contributed by atoms with Gasteiger partial charge in [0.15, 0.2) is 0 Å². The summed E-state index contributed by atoms with van der Waals surface area (Å²) in [6.45, 7) is 3.17. The first-order chi connectivity index (χ1) is 11.7. The van der Waals surface area contributed by atoms with Crippen LogP contribution in [0.3, 0.4) is 0 Å². The van der Waals surface area contributed by atoms with Crippen molar-refractivity contribution in [2.75, 3.05) is 0 Å². The van der Waals surface area contributed by atoms with E-state index in [9.17, 15) is 18.0 Å². The van der Waals surface area contributed by atoms with Gasteiger partial charge in [-0.3, -0.25) is 4.79 Å². The highest BCUT2D eigenvalue weighted by Crippen LogP contribution is 2.34. The summed E-state index contributed by atoms with van der Waals surface area (Å²) in [5, 5.41) is 2.66. The van der Waals surface area contributed by atoms with E-state index in [0.29, 0.717) is 0 Å². The molecular formula is C17H16ClF3N2O2. The molecule has 2 aromatic rings. The van der Waals surface area contributed by atoms with Gasteiger partial charge in [0, 0.05) is 12.7 Å². The lowest BCUT2D eigenvalue weighted by Crippen LogP contribution is -2.24. The molecule has 0 bridgehead atoms. The number of hydrogen-bond donors (Lipinski definition) is 1. The number of nitrogens with one attached hydrogen (secondary N) is 1. The highest BCUT2D eigenvalue weighted by Gasteiger charge is 2.34. The number of rotatable bonds is 5. The molecule has 8 heteroatoms. The van der Waals surface area contributed by atoms with E-state index in [4.69, 9.17) is 16.3 Å². The second kappa shape index (κ2) is 7.74. The molecule has 0 aliphatic heterocycles. The largest absolute Gasteiger partial charge is 0.491 e. The van der Waals surface area contributed by atoms with Crippen LogP contribution in [0.2, 0.25) is 5.15 Å². The van der Waals surface area contributed by atoms with E-state index in [2.05, 4.69) is 10.3 Å². The van der Waals surface area contributed by atoms with Crippen LogP contribution in [0.1, 0.15) is 35.3 Å². The Bertz CT molecular complexity index is 747. The number of ether oxygens (including phenoxy) is 1. The molecule has 0 radical (unpaired) electrons. The molecule has 0 saturated heterocycles. The van der Waals surface area contributed by atoms with Gasteiger partial charge in [-0.25, -0.2) is 4.98 Å². The highest BCUT2D eigenvalue weighted by atomic mass is 35.5. The lowest BCUT2D eigenvalue weighted by atomic mass is 10.1. The number of amides is 1. The maximum Gasteiger partial charge on any atom is 0.416 e. The van der Waals surface area contributed by atoms with Crippen LogP contribution in [-0.4, -0.2) is 17.0 Å². The molecule has 1 aromatic heterocycles. The topological polar surface area (TPSA) is 51.2 Å². The Balaban J connectivity index is 2.17. The summed E-state index contributed by atoms with van der Waals surface area (Å²) in [6, 6.07) is 6.54. The SMILES string of the molecule is CC(C)Oc1ccc(CNC(=O)c2ccc(Cl)nc2)c(C(F)(F)F)c1. The molecule has 0 unspecified atom stereocenters. The van der Waals surface area contributed by atoms with Gasteiger partial charge in [-0.15, -0.1) is 0 Å². The molecule has 0 saturated carbocycles. The number of carbonyl (C=O) groups excluding carboxylic acids is 1. The van der Waals surface area contributed by atoms with Crippen LogP contribution in [0, 0.1) is 0 Å². The fraction of sp³-hybridized carbons (Fsp3) is 0.294. The third-order valence-corrected chi connectivity index (χ3v) is 3.41. The predicted molar refractivity (Wildman–Crippen MR) is 87.6 cm³/mol. The van der Waals surface area contributed by atoms with Crippen molar-refractivity contribution in [2.24, 2.45) is 0 Å². The minimum atomic E-state index is -4.56. The second-order valence-electron chi connectivity index (χ2n) is 5.54. The molecule has 25 heavy (non-hydrogen) atoms. The molecule has 0 aliphatic rings. The van der Waals surface area contributed by atoms with Crippen molar-refractivity contribution in [1.82, 2.24) is 10.3 Å². The molecule has 0 fully saturated rings. The number of aromatic nitrogens is 1. The summed E-state index contributed by atoms with van der Waals surface area (Å²) in [5.41, 5.74) is -0.697. The highest BCUT2D eigenvalue weighted by molar-refractivity contribution is 6.29. The minimum Gasteiger partial charge on any atom is -0.491 e. The normalized spacial score (nSPS) is 11.5. The maximum atomic E-state index is 13.3. The van der Waals surface area contributed by atoms with Gasteiger partial charge in [-0.1, -0.05) is 17.7 Å². The van der Waals surface area contributed by atoms with Gasteiger partial charge in [-0.2, -0.15) is 13.2 Å². The molecule has 0 aliphatic carbocycles. The van der Waals surface area contributed by atoms with E-state index >= 15 is 0 Å². The number of pyridine rings is 1. The lowest BCUT2D eigenvalue weighted by Gasteiger charge is -2.17. The lowest BCUT2D eigenvalue weighted by molar-refractivity contribution is -0.138. The van der Waals surface area contributed by atoms with Gasteiger partial charge < -0.3 is 10.1 Å². The Morgan fingerprint density at radius 3 is 2.56 bits per heavy atom. The Labute approximate surface area is 148 Å². The van der Waals surface area contributed by atoms with Crippen molar-refractivity contribution >= 4 is 17.5 Å². The number of nitrogens with zero attached hydrogens (tertiary/aromatic N) is 1. The Hall–Kier alpha value is -2.28. The first-order valence-electron chi connectivity index (χ1n) is 7.43. The van der Waals surface area contributed by atoms with Gasteiger partial charge in [0.05, 0.1) is 17.2 Å². The maximum absolute atomic E-state index is 13.3. The molecule has 0 atom stereocenters. The number of hydrogen-bond acceptors (Lipinski definition) is 3. The van der Waals surface area contributed by atoms with Crippen molar-refractivity contribution in [3.8, 4) is 5.75 Å². The third kappa shape index (κ3) is 5.35. The second-order valence-corrected chi connectivity index (χ2v) is 5.92. The van der Waals surface area contributed by atoms with Crippen molar-refractivity contribution < 1.29 is 22.7 Å². The first kappa shape index (κ1) is 19.1. The van der Waals surface area contributed by atoms with Crippen LogP contribution in [-0.2, 0) is 12.7 Å². The monoisotopic (exact) mass is 372 g/mol. The van der Waals surface area contributed by atoms with Crippen LogP contribution in [0.4, 0.5) is 13.2 Å². The van der Waals surface area contributed by atoms with E-state index in [-0.39, 0.29) is 34.7 Å². The summed E-state index contributed by atoms with van der Waals surface area (Å²) in [6.07, 6.45) is -3.55. The fourth-order valence-electron chi connectivity index (χ4n) is 2.11. The Morgan fingerprint density at radius 2 is 2.00 bits per heavy atom. The van der Waals surface area contributed by atoms with E-state index in [0.717, 1.165) is 6.07 Å². The van der Waals surface area contributed by atoms with Crippen molar-refractivity contribution in [2.45, 2.75) is 32.7 Å². The molecule has 1 N–H and O–H groups in total. The molecule has 134 valence electrons. The number of alkyl halides is 3. The molecule has 1 heterocycles. The third-order valence-electron chi connectivity index (χ3n) is 3.19. The summed E-state index contributed by atoms with van der Waals surface area (Å²) >= 11 is 5.63. The summed E-state index contributed by atoms with van der Waals surface area (Å²) in [7, 11) is 0. The average Bonchev–Trinajstić information content (AvgIpc) is 2.52. The summed E-state index contributed by atoms with van der Waals surface area (Å²) in [5.74, 6) is -0.417. The van der Waals surface area contributed by atoms with Crippen LogP contribution < -0.4 is 10.1 Å². The molecular weight excluding hydrogens is 357 g/mol. The van der Waals surface area contributed by atoms with Gasteiger partial charge >= 0.3 is 6.18 Å². The van der Waals surface area contributed by atoms with Gasteiger partial charge in [-0.05, 0) is 43.7 Å². The van der Waals surface area contributed by atoms with Gasteiger partial charge in [0.25, 0.3) is 5.91 Å². The van der Waals surface area contributed by atoms with Crippen LogP contribution in [0.15, 0.2) is 36.5 Å². The van der Waals surface area contributed by atoms with Crippen LogP contribution in [0.25, 0.3) is 0 Å². The van der Waals surface area contributed by atoms with Crippen molar-refractivity contribution in [3.63, 3.8) is 0 Å². The number of carbonyl (C=O) groups is 1. The van der Waals surface area contributed by atoms with E-state index in [1.54, 1.807) is 13.8 Å². The Morgan fingerprint density at radius 1 is 1.28 bits per heavy atom. The smallest absolute Gasteiger partial charge is 0.416 e. The zero-order chi connectivity index (χ0) is 18.6. The van der Waals surface area contributed by atoms with E-state index in [1.807, 2.05) is 0 Å². The minimum absolute atomic E-state index is 0.0566. The summed E-state index contributed by atoms with van der Waals surface area (Å²) < 4.78 is 45.1. The number of halogens is 4. The molecule has 2 rings (SSSR count). The summed E-state index contributed by atoms with van der Waals surface area (Å²) in [4.78, 5) is 15.8. The quantitative estimate of drug-likeness (QED) is 0.788. The van der Waals surface area contributed by atoms with Gasteiger partial charge in [0.2, 0.25) is 0 Å². The van der Waals surface area contributed by atoms with Crippen molar-refractivity contribution in [1.29, 1.82) is 0 Å². The fourth-order valence-corrected chi connectivity index (χ4v) is 2.22. The van der Waals surface area contributed by atoms with Crippen molar-refractivity contribution in [3.05, 3.63) is 58.4 Å². The Kier molecular flexibility index (Phi) is 5.89. The zero-order valence-corrected chi connectivity index (χ0v) is 14.3. The molecule has 4 nitrogen and oxygen atoms in total. The molecule has 1 amide bonds. The number of benzene rings is 1. The van der Waals surface area contributed by atoms with Gasteiger partial charge in [0.1, 0.15) is 10.9 Å². The van der Waals surface area contributed by atoms with E-state index in [1.165, 1.54) is 30.5 Å². The predicted octanol–water partition coefficient (Wildman–Crippen LogP) is 4.47. The first-order valence-corrected chi connectivity index (χ1v) is 7.81. The van der Waals surface area contributed by atoms with E-state index < -0.39 is 17.6 Å².